The summed E-state index contributed by atoms with van der Waals surface area (Å²) in [5, 5.41) is 7.79. The Labute approximate surface area is 174 Å². The smallest absolute Gasteiger partial charge is 0.313 e. The molecule has 7 heteroatoms. The Morgan fingerprint density at radius 3 is 2.23 bits per heavy atom. The van der Waals surface area contributed by atoms with Crippen LogP contribution in [0, 0.1) is 0 Å². The number of carbonyl (C=O) groups excluding carboxylic acids is 3. The molecule has 0 saturated heterocycles. The molecule has 7 nitrogen and oxygen atoms in total. The molecule has 3 rings (SSSR count). The number of amides is 3. The Morgan fingerprint density at radius 1 is 0.800 bits per heavy atom. The summed E-state index contributed by atoms with van der Waals surface area (Å²) in [5.41, 5.74) is 2.73. The molecule has 1 aromatic heterocycles. The highest BCUT2D eigenvalue weighted by Gasteiger charge is 2.18. The van der Waals surface area contributed by atoms with Crippen molar-refractivity contribution in [2.75, 3.05) is 5.32 Å². The molecule has 0 bridgehead atoms. The van der Waals surface area contributed by atoms with Crippen LogP contribution in [-0.2, 0) is 29.1 Å². The van der Waals surface area contributed by atoms with Gasteiger partial charge in [-0.1, -0.05) is 43.3 Å². The average molecular weight is 405 g/mol. The van der Waals surface area contributed by atoms with Crippen molar-refractivity contribution in [3.63, 3.8) is 0 Å². The molecule has 2 aromatic carbocycles. The van der Waals surface area contributed by atoms with Gasteiger partial charge in [0.05, 0.1) is 24.1 Å². The number of aryl methyl sites for hydroxylation is 1. The molecule has 3 aromatic rings. The van der Waals surface area contributed by atoms with Crippen molar-refractivity contribution in [2.45, 2.75) is 26.4 Å². The number of benzene rings is 2. The van der Waals surface area contributed by atoms with Gasteiger partial charge in [-0.25, -0.2) is 0 Å². The molecule has 154 valence electrons. The molecule has 3 amide bonds. The van der Waals surface area contributed by atoms with E-state index in [1.165, 1.54) is 11.8 Å². The Bertz CT molecular complexity index is 1010. The molecule has 0 spiro atoms. The van der Waals surface area contributed by atoms with Crippen molar-refractivity contribution in [1.82, 2.24) is 10.6 Å². The van der Waals surface area contributed by atoms with Crippen molar-refractivity contribution in [3.05, 3.63) is 89.4 Å². The van der Waals surface area contributed by atoms with Crippen LogP contribution in [0.3, 0.4) is 0 Å². The van der Waals surface area contributed by atoms with Crippen LogP contribution in [0.1, 0.15) is 34.2 Å². The van der Waals surface area contributed by atoms with Gasteiger partial charge >= 0.3 is 11.8 Å². The molecule has 3 N–H and O–H groups in total. The first-order chi connectivity index (χ1) is 14.6. The van der Waals surface area contributed by atoms with E-state index < -0.39 is 11.8 Å². The molecule has 0 aliphatic carbocycles. The third-order valence-corrected chi connectivity index (χ3v) is 4.51. The highest BCUT2D eigenvalue weighted by Crippen LogP contribution is 2.15. The average Bonchev–Trinajstić information content (AvgIpc) is 3.30. The number of rotatable bonds is 7. The second kappa shape index (κ2) is 10.1. The van der Waals surface area contributed by atoms with Gasteiger partial charge in [0.25, 0.3) is 5.91 Å². The molecule has 0 saturated carbocycles. The van der Waals surface area contributed by atoms with Crippen LogP contribution in [0.25, 0.3) is 0 Å². The molecule has 0 aliphatic rings. The summed E-state index contributed by atoms with van der Waals surface area (Å²) in [7, 11) is 0. The summed E-state index contributed by atoms with van der Waals surface area (Å²) in [6, 6.07) is 17.9. The van der Waals surface area contributed by atoms with E-state index in [0.717, 1.165) is 12.0 Å². The van der Waals surface area contributed by atoms with Gasteiger partial charge in [-0.2, -0.15) is 0 Å². The van der Waals surface area contributed by atoms with E-state index >= 15 is 0 Å². The van der Waals surface area contributed by atoms with Gasteiger partial charge in [0.1, 0.15) is 5.76 Å². The predicted molar refractivity (Wildman–Crippen MR) is 113 cm³/mol. The minimum atomic E-state index is -0.864. The quantitative estimate of drug-likeness (QED) is 0.526. The van der Waals surface area contributed by atoms with Gasteiger partial charge in [0.15, 0.2) is 0 Å². The second-order valence-corrected chi connectivity index (χ2v) is 6.61. The SMILES string of the molecule is CCc1ccc(CNC(=O)c2ccccc2NC(=O)C(=O)NCc2ccco2)cc1. The Morgan fingerprint density at radius 2 is 1.53 bits per heavy atom. The lowest BCUT2D eigenvalue weighted by Gasteiger charge is -2.11. The fourth-order valence-electron chi connectivity index (χ4n) is 2.80. The first-order valence-corrected chi connectivity index (χ1v) is 9.63. The summed E-state index contributed by atoms with van der Waals surface area (Å²) in [6.07, 6.45) is 2.43. The van der Waals surface area contributed by atoms with Crippen molar-refractivity contribution >= 4 is 23.4 Å². The summed E-state index contributed by atoms with van der Waals surface area (Å²) in [6.45, 7) is 2.53. The number of hydrogen-bond donors (Lipinski definition) is 3. The van der Waals surface area contributed by atoms with Gasteiger partial charge in [0.2, 0.25) is 0 Å². The molecule has 1 heterocycles. The molecule has 0 unspecified atom stereocenters. The van der Waals surface area contributed by atoms with Crippen LogP contribution in [0.2, 0.25) is 0 Å². The van der Waals surface area contributed by atoms with Crippen molar-refractivity contribution < 1.29 is 18.8 Å². The van der Waals surface area contributed by atoms with Crippen LogP contribution in [-0.4, -0.2) is 17.7 Å². The van der Waals surface area contributed by atoms with E-state index in [9.17, 15) is 14.4 Å². The summed E-state index contributed by atoms with van der Waals surface area (Å²) in [4.78, 5) is 36.8. The molecule has 0 aliphatic heterocycles. The van der Waals surface area contributed by atoms with Crippen LogP contribution >= 0.6 is 0 Å². The molecule has 30 heavy (non-hydrogen) atoms. The predicted octanol–water partition coefficient (Wildman–Crippen LogP) is 3.03. The van der Waals surface area contributed by atoms with E-state index in [-0.39, 0.29) is 23.7 Å². The Hall–Kier alpha value is -3.87. The normalized spacial score (nSPS) is 10.3. The Balaban J connectivity index is 1.59. The van der Waals surface area contributed by atoms with Crippen LogP contribution in [0.15, 0.2) is 71.3 Å². The number of furan rings is 1. The maximum atomic E-state index is 12.6. The molecular weight excluding hydrogens is 382 g/mol. The van der Waals surface area contributed by atoms with Crippen LogP contribution in [0.5, 0.6) is 0 Å². The number of para-hydroxylation sites is 1. The summed E-state index contributed by atoms with van der Waals surface area (Å²) < 4.78 is 5.11. The van der Waals surface area contributed by atoms with Crippen LogP contribution < -0.4 is 16.0 Å². The lowest BCUT2D eigenvalue weighted by molar-refractivity contribution is -0.136. The number of carbonyl (C=O) groups is 3. The minimum Gasteiger partial charge on any atom is -0.467 e. The first kappa shape index (κ1) is 20.9. The van der Waals surface area contributed by atoms with E-state index in [0.29, 0.717) is 12.3 Å². The number of nitrogens with one attached hydrogen (secondary N) is 3. The number of hydrogen-bond acceptors (Lipinski definition) is 4. The number of anilines is 1. The first-order valence-electron chi connectivity index (χ1n) is 9.63. The topological polar surface area (TPSA) is 100 Å². The molecular formula is C23H23N3O4. The largest absolute Gasteiger partial charge is 0.467 e. The van der Waals surface area contributed by atoms with Gasteiger partial charge in [-0.15, -0.1) is 0 Å². The maximum absolute atomic E-state index is 12.6. The molecule has 0 atom stereocenters. The van der Waals surface area contributed by atoms with Gasteiger partial charge in [0, 0.05) is 6.54 Å². The minimum absolute atomic E-state index is 0.0954. The van der Waals surface area contributed by atoms with Gasteiger partial charge < -0.3 is 20.4 Å². The fraction of sp³-hybridized carbons (Fsp3) is 0.174. The Kier molecular flexibility index (Phi) is 7.00. The summed E-state index contributed by atoms with van der Waals surface area (Å²) in [5.74, 6) is -1.50. The van der Waals surface area contributed by atoms with Crippen molar-refractivity contribution in [1.29, 1.82) is 0 Å². The third kappa shape index (κ3) is 5.57. The van der Waals surface area contributed by atoms with Gasteiger partial charge in [-0.05, 0) is 41.8 Å². The zero-order chi connectivity index (χ0) is 21.3. The van der Waals surface area contributed by atoms with Crippen molar-refractivity contribution in [3.8, 4) is 0 Å². The standard InChI is InChI=1S/C23H23N3O4/c1-2-16-9-11-17(12-10-16)14-24-21(27)19-7-3-4-8-20(19)26-23(29)22(28)25-15-18-6-5-13-30-18/h3-13H,2,14-15H2,1H3,(H,24,27)(H,25,28)(H,26,29). The van der Waals surface area contributed by atoms with E-state index in [4.69, 9.17) is 4.42 Å². The highest BCUT2D eigenvalue weighted by atomic mass is 16.3. The second-order valence-electron chi connectivity index (χ2n) is 6.61. The summed E-state index contributed by atoms with van der Waals surface area (Å²) >= 11 is 0. The third-order valence-electron chi connectivity index (χ3n) is 4.51. The van der Waals surface area contributed by atoms with E-state index in [2.05, 4.69) is 22.9 Å². The maximum Gasteiger partial charge on any atom is 0.313 e. The van der Waals surface area contributed by atoms with Gasteiger partial charge in [-0.3, -0.25) is 14.4 Å². The molecule has 0 fully saturated rings. The zero-order valence-corrected chi connectivity index (χ0v) is 16.6. The molecule has 0 radical (unpaired) electrons. The lowest BCUT2D eigenvalue weighted by atomic mass is 10.1. The highest BCUT2D eigenvalue weighted by molar-refractivity contribution is 6.40. The van der Waals surface area contributed by atoms with Crippen molar-refractivity contribution in [2.24, 2.45) is 0 Å². The van der Waals surface area contributed by atoms with Crippen LogP contribution in [0.4, 0.5) is 5.69 Å². The monoisotopic (exact) mass is 405 g/mol. The zero-order valence-electron chi connectivity index (χ0n) is 16.6. The lowest BCUT2D eigenvalue weighted by Crippen LogP contribution is -2.35. The van der Waals surface area contributed by atoms with E-state index in [1.54, 1.807) is 36.4 Å². The fourth-order valence-corrected chi connectivity index (χ4v) is 2.80. The van der Waals surface area contributed by atoms with E-state index in [1.807, 2.05) is 24.3 Å².